The molecule has 0 amide bonds. The summed E-state index contributed by atoms with van der Waals surface area (Å²) in [4.78, 5) is 3.70. The van der Waals surface area contributed by atoms with Gasteiger partial charge in [0.15, 0.2) is 5.82 Å². The fourth-order valence-corrected chi connectivity index (χ4v) is 2.57. The van der Waals surface area contributed by atoms with Gasteiger partial charge in [-0.15, -0.1) is 0 Å². The van der Waals surface area contributed by atoms with Crippen LogP contribution in [0.1, 0.15) is 31.1 Å². The molecule has 22 heavy (non-hydrogen) atoms. The molecule has 1 N–H and O–H groups in total. The molecule has 1 aromatic carbocycles. The summed E-state index contributed by atoms with van der Waals surface area (Å²) in [5.74, 6) is -2.52. The zero-order valence-corrected chi connectivity index (χ0v) is 12.8. The van der Waals surface area contributed by atoms with Crippen molar-refractivity contribution in [3.05, 3.63) is 36.0 Å². The molecule has 120 valence electrons. The molecule has 1 heterocycles. The van der Waals surface area contributed by atoms with E-state index in [0.717, 1.165) is 12.1 Å². The number of anilines is 1. The lowest BCUT2D eigenvalue weighted by Crippen LogP contribution is -2.13. The number of hydrogen-bond acceptors (Lipinski definition) is 6. The van der Waals surface area contributed by atoms with Gasteiger partial charge in [0.1, 0.15) is 0 Å². The van der Waals surface area contributed by atoms with E-state index in [9.17, 15) is 17.2 Å². The van der Waals surface area contributed by atoms with Gasteiger partial charge < -0.3 is 9.84 Å². The molecular formula is C13H15F2N3O3S. The highest BCUT2D eigenvalue weighted by molar-refractivity contribution is 7.91. The van der Waals surface area contributed by atoms with Crippen molar-refractivity contribution < 1.29 is 21.7 Å². The van der Waals surface area contributed by atoms with E-state index < -0.39 is 20.5 Å². The second kappa shape index (κ2) is 6.39. The zero-order valence-electron chi connectivity index (χ0n) is 12.0. The standard InChI is InChI=1S/C13H15F2N3O3S/c1-3-11(12-16-8(2)21-18-12)17-9-4-6-10(7-5-9)22(19,20)13(14)15/h4-7,11,13,17H,3H2,1-2H3. The van der Waals surface area contributed by atoms with Gasteiger partial charge in [-0.05, 0) is 30.7 Å². The molecule has 0 aliphatic carbocycles. The molecule has 0 saturated heterocycles. The Labute approximate surface area is 126 Å². The first-order chi connectivity index (χ1) is 10.3. The van der Waals surface area contributed by atoms with Crippen LogP contribution in [0.2, 0.25) is 0 Å². The van der Waals surface area contributed by atoms with E-state index in [1.165, 1.54) is 12.1 Å². The molecule has 0 aliphatic rings. The first-order valence-corrected chi connectivity index (χ1v) is 8.08. The van der Waals surface area contributed by atoms with Gasteiger partial charge in [0.2, 0.25) is 15.7 Å². The Morgan fingerprint density at radius 2 is 1.91 bits per heavy atom. The molecule has 1 unspecified atom stereocenters. The summed E-state index contributed by atoms with van der Waals surface area (Å²) >= 11 is 0. The number of rotatable bonds is 6. The van der Waals surface area contributed by atoms with Crippen LogP contribution < -0.4 is 5.32 Å². The number of alkyl halides is 2. The summed E-state index contributed by atoms with van der Waals surface area (Å²) in [6.45, 7) is 3.59. The fraction of sp³-hybridized carbons (Fsp3) is 0.385. The van der Waals surface area contributed by atoms with Crippen molar-refractivity contribution in [1.29, 1.82) is 0 Å². The molecular weight excluding hydrogens is 316 g/mol. The second-order valence-electron chi connectivity index (χ2n) is 4.61. The zero-order chi connectivity index (χ0) is 16.3. The van der Waals surface area contributed by atoms with Crippen LogP contribution in [-0.2, 0) is 9.84 Å². The lowest BCUT2D eigenvalue weighted by atomic mass is 10.2. The van der Waals surface area contributed by atoms with Crippen LogP contribution in [0, 0.1) is 6.92 Å². The molecule has 0 spiro atoms. The summed E-state index contributed by atoms with van der Waals surface area (Å²) in [5.41, 5.74) is 0.572. The summed E-state index contributed by atoms with van der Waals surface area (Å²) in [6.07, 6.45) is 0.663. The average molecular weight is 331 g/mol. The topological polar surface area (TPSA) is 85.1 Å². The molecule has 1 aromatic heterocycles. The normalized spacial score (nSPS) is 13.3. The van der Waals surface area contributed by atoms with Crippen LogP contribution in [0.4, 0.5) is 14.5 Å². The van der Waals surface area contributed by atoms with Crippen molar-refractivity contribution in [3.63, 3.8) is 0 Å². The smallest absolute Gasteiger partial charge is 0.341 e. The summed E-state index contributed by atoms with van der Waals surface area (Å²) in [7, 11) is -4.58. The molecule has 0 fully saturated rings. The Balaban J connectivity index is 2.17. The van der Waals surface area contributed by atoms with Crippen LogP contribution in [-0.4, -0.2) is 24.3 Å². The highest BCUT2D eigenvalue weighted by Gasteiger charge is 2.26. The second-order valence-corrected chi connectivity index (χ2v) is 6.52. The Morgan fingerprint density at radius 1 is 1.27 bits per heavy atom. The quantitative estimate of drug-likeness (QED) is 0.876. The van der Waals surface area contributed by atoms with E-state index in [1.807, 2.05) is 6.92 Å². The summed E-state index contributed by atoms with van der Waals surface area (Å²) < 4.78 is 52.5. The van der Waals surface area contributed by atoms with Crippen molar-refractivity contribution in [2.75, 3.05) is 5.32 Å². The van der Waals surface area contributed by atoms with Gasteiger partial charge >= 0.3 is 5.76 Å². The first-order valence-electron chi connectivity index (χ1n) is 6.53. The molecule has 1 atom stereocenters. The van der Waals surface area contributed by atoms with Crippen molar-refractivity contribution in [2.24, 2.45) is 0 Å². The molecule has 0 aliphatic heterocycles. The number of nitrogens with one attached hydrogen (secondary N) is 1. The minimum Gasteiger partial charge on any atom is -0.375 e. The molecule has 2 rings (SSSR count). The highest BCUT2D eigenvalue weighted by atomic mass is 32.2. The van der Waals surface area contributed by atoms with Crippen molar-refractivity contribution in [3.8, 4) is 0 Å². The van der Waals surface area contributed by atoms with Crippen molar-refractivity contribution in [2.45, 2.75) is 37.0 Å². The highest BCUT2D eigenvalue weighted by Crippen LogP contribution is 2.24. The number of sulfone groups is 1. The van der Waals surface area contributed by atoms with Crippen LogP contribution in [0.15, 0.2) is 33.7 Å². The van der Waals surface area contributed by atoms with Gasteiger partial charge in [0, 0.05) is 12.6 Å². The number of halogens is 2. The maximum Gasteiger partial charge on any atom is 0.341 e. The lowest BCUT2D eigenvalue weighted by Gasteiger charge is -2.15. The van der Waals surface area contributed by atoms with Gasteiger partial charge in [-0.25, -0.2) is 8.42 Å². The SMILES string of the molecule is CCC(Nc1ccc(S(=O)(=O)C(F)F)cc1)c1noc(C)n1. The molecule has 0 radical (unpaired) electrons. The van der Waals surface area contributed by atoms with E-state index >= 15 is 0 Å². The minimum atomic E-state index is -4.58. The third-order valence-electron chi connectivity index (χ3n) is 3.02. The van der Waals surface area contributed by atoms with Gasteiger partial charge in [-0.1, -0.05) is 12.1 Å². The first kappa shape index (κ1) is 16.3. The van der Waals surface area contributed by atoms with Crippen LogP contribution >= 0.6 is 0 Å². The predicted octanol–water partition coefficient (Wildman–Crippen LogP) is 2.94. The Kier molecular flexibility index (Phi) is 4.74. The predicted molar refractivity (Wildman–Crippen MR) is 75.3 cm³/mol. The Hall–Kier alpha value is -2.03. The maximum atomic E-state index is 12.5. The summed E-state index contributed by atoms with van der Waals surface area (Å²) in [6, 6.07) is 4.89. The van der Waals surface area contributed by atoms with Gasteiger partial charge in [-0.2, -0.15) is 13.8 Å². The van der Waals surface area contributed by atoms with E-state index in [0.29, 0.717) is 23.8 Å². The van der Waals surface area contributed by atoms with Crippen LogP contribution in [0.3, 0.4) is 0 Å². The maximum absolute atomic E-state index is 12.5. The van der Waals surface area contributed by atoms with Gasteiger partial charge in [0.25, 0.3) is 0 Å². The number of aryl methyl sites for hydroxylation is 1. The van der Waals surface area contributed by atoms with Crippen molar-refractivity contribution >= 4 is 15.5 Å². The monoisotopic (exact) mass is 331 g/mol. The van der Waals surface area contributed by atoms with E-state index in [2.05, 4.69) is 15.5 Å². The molecule has 9 heteroatoms. The van der Waals surface area contributed by atoms with Crippen LogP contribution in [0.5, 0.6) is 0 Å². The van der Waals surface area contributed by atoms with Crippen molar-refractivity contribution in [1.82, 2.24) is 10.1 Å². The average Bonchev–Trinajstić information content (AvgIpc) is 2.91. The van der Waals surface area contributed by atoms with Crippen LogP contribution in [0.25, 0.3) is 0 Å². The Bertz CT molecular complexity index is 729. The fourth-order valence-electron chi connectivity index (χ4n) is 1.85. The molecule has 0 saturated carbocycles. The van der Waals surface area contributed by atoms with Gasteiger partial charge in [-0.3, -0.25) is 0 Å². The molecule has 2 aromatic rings. The number of nitrogens with zero attached hydrogens (tertiary/aromatic N) is 2. The lowest BCUT2D eigenvalue weighted by molar-refractivity contribution is 0.234. The van der Waals surface area contributed by atoms with E-state index in [4.69, 9.17) is 4.52 Å². The number of hydrogen-bond donors (Lipinski definition) is 1. The third-order valence-corrected chi connectivity index (χ3v) is 4.42. The Morgan fingerprint density at radius 3 is 2.36 bits per heavy atom. The van der Waals surface area contributed by atoms with E-state index in [-0.39, 0.29) is 6.04 Å². The van der Waals surface area contributed by atoms with E-state index in [1.54, 1.807) is 6.92 Å². The molecule has 0 bridgehead atoms. The third kappa shape index (κ3) is 3.41. The largest absolute Gasteiger partial charge is 0.375 e. The summed E-state index contributed by atoms with van der Waals surface area (Å²) in [5, 5.41) is 6.92. The minimum absolute atomic E-state index is 0.227. The number of aromatic nitrogens is 2. The number of benzene rings is 1. The van der Waals surface area contributed by atoms with Gasteiger partial charge in [0.05, 0.1) is 10.9 Å². The molecule has 6 nitrogen and oxygen atoms in total.